The van der Waals surface area contributed by atoms with Crippen LogP contribution in [0.3, 0.4) is 0 Å². The molecule has 0 spiro atoms. The maximum absolute atomic E-state index is 13.4. The van der Waals surface area contributed by atoms with Crippen molar-refractivity contribution in [2.45, 2.75) is 304 Å². The Morgan fingerprint density at radius 3 is 1.22 bits per heavy atom. The minimum atomic E-state index is -1.99. The number of unbranched alkanes of at least 4 members (excludes halogenated alkanes) is 17. The molecule has 3 aliphatic rings. The molecule has 0 aliphatic carbocycles. The lowest BCUT2D eigenvalue weighted by Crippen LogP contribution is -2.66. The zero-order valence-corrected chi connectivity index (χ0v) is 55.5. The van der Waals surface area contributed by atoms with Crippen LogP contribution in [-0.4, -0.2) is 193 Å². The molecule has 0 radical (unpaired) electrons. The first-order valence-corrected chi connectivity index (χ1v) is 34.8. The van der Waals surface area contributed by atoms with E-state index in [-0.39, 0.29) is 18.9 Å². The van der Waals surface area contributed by atoms with E-state index in [4.69, 9.17) is 28.4 Å². The Kier molecular flexibility index (Phi) is 47.8. The Balaban J connectivity index is 1.36. The quantitative estimate of drug-likeness (QED) is 0.0199. The van der Waals surface area contributed by atoms with Gasteiger partial charge in [-0.25, -0.2) is 0 Å². The minimum absolute atomic E-state index is 0.223. The summed E-state index contributed by atoms with van der Waals surface area (Å²) in [6.45, 7) is 1.51. The maximum Gasteiger partial charge on any atom is 0.220 e. The number of ether oxygens (including phenoxy) is 6. The summed E-state index contributed by atoms with van der Waals surface area (Å²) in [6.07, 6.45) is 46.3. The standard InChI is InChI=1S/C73H121NO18/c1-3-5-7-9-11-13-15-17-18-19-20-21-22-23-24-25-26-27-28-29-30-31-32-33-34-35-36-37-38-39-41-43-45-47-49-51-61(79)74-56(57(78)50-48-46-44-42-40-16-14-12-10-8-6-4-2)55-87-71-67(85)64(82)69(59(53-76)89-71)92-73-68(86)65(83)70(60(54-77)90-73)91-72-66(84)63(81)62(80)58(52-75)88-72/h5,7,10-13,17-18,20-21,23-24,26-27,29-30,40,42,48,50,56-60,62-73,75-78,80-86H,3-4,6,8-9,14-16,19,22,25,28,31-39,41,43-47,49,51-55H2,1-2H3,(H,74,79)/b7-5-,12-10+,13-11-,18-17-,21-20-,24-23-,27-26-,30-29-,42-40+,50-48+. The van der Waals surface area contributed by atoms with E-state index in [0.717, 1.165) is 103 Å². The molecule has 92 heavy (non-hydrogen) atoms. The van der Waals surface area contributed by atoms with Gasteiger partial charge >= 0.3 is 0 Å². The first kappa shape index (κ1) is 82.4. The van der Waals surface area contributed by atoms with Gasteiger partial charge in [0.25, 0.3) is 0 Å². The molecule has 0 saturated carbocycles. The number of aliphatic hydroxyl groups is 11. The van der Waals surface area contributed by atoms with Crippen molar-refractivity contribution in [3.05, 3.63) is 122 Å². The van der Waals surface area contributed by atoms with Gasteiger partial charge in [-0.3, -0.25) is 4.79 Å². The number of carbonyl (C=O) groups is 1. The molecule has 0 bridgehead atoms. The Morgan fingerprint density at radius 1 is 0.402 bits per heavy atom. The third kappa shape index (κ3) is 34.7. The predicted octanol–water partition coefficient (Wildman–Crippen LogP) is 9.21. The fraction of sp³-hybridized carbons (Fsp3) is 0.712. The van der Waals surface area contributed by atoms with Crippen LogP contribution >= 0.6 is 0 Å². The number of carbonyl (C=O) groups excluding carboxylic acids is 1. The monoisotopic (exact) mass is 1300 g/mol. The van der Waals surface area contributed by atoms with Crippen molar-refractivity contribution in [3.63, 3.8) is 0 Å². The van der Waals surface area contributed by atoms with Crippen molar-refractivity contribution < 1.29 is 89.4 Å². The Bertz CT molecular complexity index is 2140. The van der Waals surface area contributed by atoms with Crippen LogP contribution in [0.5, 0.6) is 0 Å². The van der Waals surface area contributed by atoms with Crippen molar-refractivity contribution in [2.24, 2.45) is 0 Å². The molecule has 0 aromatic rings. The summed E-state index contributed by atoms with van der Waals surface area (Å²) in [5.41, 5.74) is 0. The van der Waals surface area contributed by atoms with E-state index in [0.29, 0.717) is 12.8 Å². The summed E-state index contributed by atoms with van der Waals surface area (Å²) in [4.78, 5) is 13.4. The van der Waals surface area contributed by atoms with Crippen molar-refractivity contribution in [1.29, 1.82) is 0 Å². The van der Waals surface area contributed by atoms with Gasteiger partial charge in [0.1, 0.15) is 73.2 Å². The van der Waals surface area contributed by atoms with E-state index in [1.165, 1.54) is 64.2 Å². The summed E-state index contributed by atoms with van der Waals surface area (Å²) in [6, 6.07) is -1.00. The summed E-state index contributed by atoms with van der Waals surface area (Å²) in [7, 11) is 0. The minimum Gasteiger partial charge on any atom is -0.394 e. The second-order valence-electron chi connectivity index (χ2n) is 24.2. The fourth-order valence-electron chi connectivity index (χ4n) is 10.8. The first-order valence-electron chi connectivity index (χ1n) is 34.8. The van der Waals surface area contributed by atoms with Crippen LogP contribution in [0.15, 0.2) is 122 Å². The van der Waals surface area contributed by atoms with Crippen LogP contribution in [0.25, 0.3) is 0 Å². The summed E-state index contributed by atoms with van der Waals surface area (Å²) in [5.74, 6) is -0.298. The lowest BCUT2D eigenvalue weighted by Gasteiger charge is -2.48. The molecule has 3 heterocycles. The Hall–Kier alpha value is -3.81. The van der Waals surface area contributed by atoms with Crippen molar-refractivity contribution in [1.82, 2.24) is 5.32 Å². The molecule has 526 valence electrons. The molecule has 3 saturated heterocycles. The second-order valence-corrected chi connectivity index (χ2v) is 24.2. The summed E-state index contributed by atoms with van der Waals surface area (Å²) >= 11 is 0. The van der Waals surface area contributed by atoms with Gasteiger partial charge in [0.15, 0.2) is 18.9 Å². The van der Waals surface area contributed by atoms with Gasteiger partial charge in [0.05, 0.1) is 38.6 Å². The van der Waals surface area contributed by atoms with E-state index in [2.05, 4.69) is 129 Å². The van der Waals surface area contributed by atoms with Gasteiger partial charge < -0.3 is 89.9 Å². The zero-order valence-electron chi connectivity index (χ0n) is 55.5. The average Bonchev–Trinajstić information content (AvgIpc) is 0.830. The number of nitrogens with one attached hydrogen (secondary N) is 1. The highest BCUT2D eigenvalue weighted by Crippen LogP contribution is 2.33. The number of rotatable bonds is 51. The molecule has 3 aliphatic heterocycles. The van der Waals surface area contributed by atoms with E-state index >= 15 is 0 Å². The highest BCUT2D eigenvalue weighted by Gasteiger charge is 2.53. The van der Waals surface area contributed by atoms with E-state index < -0.39 is 124 Å². The average molecular weight is 1300 g/mol. The Labute approximate surface area is 550 Å². The number of hydrogen-bond acceptors (Lipinski definition) is 18. The predicted molar refractivity (Wildman–Crippen MR) is 360 cm³/mol. The molecule has 0 aromatic heterocycles. The van der Waals surface area contributed by atoms with Gasteiger partial charge in [-0.2, -0.15) is 0 Å². The molecule has 3 rings (SSSR count). The molecule has 3 fully saturated rings. The molecule has 0 aromatic carbocycles. The van der Waals surface area contributed by atoms with Crippen molar-refractivity contribution >= 4 is 5.91 Å². The van der Waals surface area contributed by atoms with E-state index in [9.17, 15) is 61.0 Å². The lowest BCUT2D eigenvalue weighted by atomic mass is 9.96. The van der Waals surface area contributed by atoms with Crippen LogP contribution < -0.4 is 5.32 Å². The molecule has 17 unspecified atom stereocenters. The third-order valence-electron chi connectivity index (χ3n) is 16.5. The molecular weight excluding hydrogens is 1180 g/mol. The van der Waals surface area contributed by atoms with Crippen LogP contribution in [0, 0.1) is 0 Å². The van der Waals surface area contributed by atoms with Gasteiger partial charge in [-0.15, -0.1) is 0 Å². The first-order chi connectivity index (χ1) is 44.8. The number of hydrogen-bond donors (Lipinski definition) is 12. The zero-order chi connectivity index (χ0) is 66.8. The van der Waals surface area contributed by atoms with Crippen molar-refractivity contribution in [2.75, 3.05) is 26.4 Å². The van der Waals surface area contributed by atoms with Crippen molar-refractivity contribution in [3.8, 4) is 0 Å². The normalized spacial score (nSPS) is 28.5. The van der Waals surface area contributed by atoms with Gasteiger partial charge in [-0.05, 0) is 96.3 Å². The SMILES string of the molecule is CC/C=C\C/C=C\C/C=C\C/C=C\C/C=C\C/C=C\C/C=C\CCCCCCCCCCCCCCCC(=O)NC(COC1OC(CO)C(OC2OC(CO)C(OC3OC(CO)C(O)C(O)C3O)C(O)C2O)C(O)C1O)C(O)/C=C/CC/C=C/CC/C=C/CCCC. The van der Waals surface area contributed by atoms with Crippen LogP contribution in [0.4, 0.5) is 0 Å². The topological polar surface area (TPSA) is 307 Å². The number of allylic oxidation sites excluding steroid dienone is 19. The highest BCUT2D eigenvalue weighted by atomic mass is 16.8. The molecule has 19 heteroatoms. The van der Waals surface area contributed by atoms with Crippen LogP contribution in [0.2, 0.25) is 0 Å². The molecular formula is C73H121NO18. The second kappa shape index (κ2) is 53.3. The number of aliphatic hydroxyl groups excluding tert-OH is 11. The largest absolute Gasteiger partial charge is 0.394 e. The highest BCUT2D eigenvalue weighted by molar-refractivity contribution is 5.76. The number of amides is 1. The Morgan fingerprint density at radius 2 is 0.761 bits per heavy atom. The van der Waals surface area contributed by atoms with Gasteiger partial charge in [0.2, 0.25) is 5.91 Å². The smallest absolute Gasteiger partial charge is 0.220 e. The maximum atomic E-state index is 13.4. The molecule has 1 amide bonds. The summed E-state index contributed by atoms with van der Waals surface area (Å²) in [5, 5.41) is 120. The molecule has 17 atom stereocenters. The van der Waals surface area contributed by atoms with E-state index in [1.807, 2.05) is 6.08 Å². The lowest BCUT2D eigenvalue weighted by molar-refractivity contribution is -0.379. The molecule has 12 N–H and O–H groups in total. The van der Waals surface area contributed by atoms with Gasteiger partial charge in [0, 0.05) is 6.42 Å². The van der Waals surface area contributed by atoms with Crippen LogP contribution in [0.1, 0.15) is 200 Å². The van der Waals surface area contributed by atoms with Crippen LogP contribution in [-0.2, 0) is 33.2 Å². The third-order valence-corrected chi connectivity index (χ3v) is 16.5. The fourth-order valence-corrected chi connectivity index (χ4v) is 10.8. The van der Waals surface area contributed by atoms with E-state index in [1.54, 1.807) is 6.08 Å². The van der Waals surface area contributed by atoms with Gasteiger partial charge in [-0.1, -0.05) is 219 Å². The molecule has 19 nitrogen and oxygen atoms in total. The summed E-state index contributed by atoms with van der Waals surface area (Å²) < 4.78 is 34.2.